The fourth-order valence-electron chi connectivity index (χ4n) is 2.71. The van der Waals surface area contributed by atoms with Crippen LogP contribution in [-0.4, -0.2) is 55.1 Å². The standard InChI is InChI=1S/C10H21N3/c1-12-5-4-9-2-3-10(8-11)13(9)7-6-12/h9-10H,2-8,11H2,1H3. The fraction of sp³-hybridized carbons (Fsp3) is 1.00. The lowest BCUT2D eigenvalue weighted by molar-refractivity contribution is 0.203. The molecule has 0 aromatic carbocycles. The second-order valence-electron chi connectivity index (χ2n) is 4.45. The molecule has 0 saturated carbocycles. The van der Waals surface area contributed by atoms with Gasteiger partial charge in [-0.15, -0.1) is 0 Å². The van der Waals surface area contributed by atoms with Crippen LogP contribution in [0.2, 0.25) is 0 Å². The number of likely N-dealkylation sites (N-methyl/N-ethyl adjacent to an activating group) is 1. The zero-order valence-electron chi connectivity index (χ0n) is 8.58. The summed E-state index contributed by atoms with van der Waals surface area (Å²) in [6.45, 7) is 4.55. The van der Waals surface area contributed by atoms with Crippen LogP contribution >= 0.6 is 0 Å². The van der Waals surface area contributed by atoms with Crippen molar-refractivity contribution >= 4 is 0 Å². The van der Waals surface area contributed by atoms with Crippen molar-refractivity contribution in [1.82, 2.24) is 9.80 Å². The van der Waals surface area contributed by atoms with E-state index in [9.17, 15) is 0 Å². The van der Waals surface area contributed by atoms with Gasteiger partial charge in [-0.3, -0.25) is 4.90 Å². The summed E-state index contributed by atoms with van der Waals surface area (Å²) in [5, 5.41) is 0. The van der Waals surface area contributed by atoms with Crippen LogP contribution in [0, 0.1) is 0 Å². The SMILES string of the molecule is CN1CCC2CCC(CN)N2CC1. The molecule has 0 aromatic rings. The van der Waals surface area contributed by atoms with Crippen LogP contribution < -0.4 is 5.73 Å². The maximum absolute atomic E-state index is 5.77. The predicted octanol–water partition coefficient (Wildman–Crippen LogP) is 0.114. The van der Waals surface area contributed by atoms with Crippen molar-refractivity contribution < 1.29 is 0 Å². The molecule has 3 nitrogen and oxygen atoms in total. The Kier molecular flexibility index (Phi) is 2.86. The van der Waals surface area contributed by atoms with Gasteiger partial charge in [0, 0.05) is 31.7 Å². The fourth-order valence-corrected chi connectivity index (χ4v) is 2.71. The zero-order chi connectivity index (χ0) is 9.26. The van der Waals surface area contributed by atoms with E-state index in [4.69, 9.17) is 5.73 Å². The van der Waals surface area contributed by atoms with Crippen LogP contribution in [0.4, 0.5) is 0 Å². The maximum Gasteiger partial charge on any atom is 0.0222 e. The van der Waals surface area contributed by atoms with Crippen molar-refractivity contribution in [3.05, 3.63) is 0 Å². The van der Waals surface area contributed by atoms with Gasteiger partial charge in [0.15, 0.2) is 0 Å². The molecule has 2 heterocycles. The first kappa shape index (κ1) is 9.44. The monoisotopic (exact) mass is 183 g/mol. The second-order valence-corrected chi connectivity index (χ2v) is 4.45. The van der Waals surface area contributed by atoms with Crippen molar-refractivity contribution in [2.75, 3.05) is 33.2 Å². The molecule has 13 heavy (non-hydrogen) atoms. The molecule has 76 valence electrons. The number of hydrogen-bond acceptors (Lipinski definition) is 3. The topological polar surface area (TPSA) is 32.5 Å². The summed E-state index contributed by atoms with van der Waals surface area (Å²) in [4.78, 5) is 5.08. The molecule has 2 rings (SSSR count). The molecule has 2 aliphatic heterocycles. The Labute approximate surface area is 80.9 Å². The van der Waals surface area contributed by atoms with Crippen molar-refractivity contribution in [3.63, 3.8) is 0 Å². The summed E-state index contributed by atoms with van der Waals surface area (Å²) in [6.07, 6.45) is 4.04. The van der Waals surface area contributed by atoms with Gasteiger partial charge in [0.05, 0.1) is 0 Å². The lowest BCUT2D eigenvalue weighted by atomic mass is 10.1. The number of nitrogens with two attached hydrogens (primary N) is 1. The molecule has 0 spiro atoms. The minimum Gasteiger partial charge on any atom is -0.329 e. The Hall–Kier alpha value is -0.120. The van der Waals surface area contributed by atoms with Crippen LogP contribution in [0.3, 0.4) is 0 Å². The molecule has 2 atom stereocenters. The smallest absolute Gasteiger partial charge is 0.0222 e. The Morgan fingerprint density at radius 1 is 1.15 bits per heavy atom. The Bertz CT molecular complexity index is 172. The van der Waals surface area contributed by atoms with E-state index < -0.39 is 0 Å². The van der Waals surface area contributed by atoms with Gasteiger partial charge >= 0.3 is 0 Å². The highest BCUT2D eigenvalue weighted by atomic mass is 15.3. The number of nitrogens with zero attached hydrogens (tertiary/aromatic N) is 2. The Balaban J connectivity index is 1.99. The molecule has 2 N–H and O–H groups in total. The van der Waals surface area contributed by atoms with E-state index in [-0.39, 0.29) is 0 Å². The molecule has 2 unspecified atom stereocenters. The second kappa shape index (κ2) is 3.95. The van der Waals surface area contributed by atoms with Gasteiger partial charge in [-0.1, -0.05) is 0 Å². The van der Waals surface area contributed by atoms with Crippen LogP contribution in [0.25, 0.3) is 0 Å². The third kappa shape index (κ3) is 1.87. The first-order chi connectivity index (χ1) is 6.31. The lowest BCUT2D eigenvalue weighted by Gasteiger charge is -2.27. The highest BCUT2D eigenvalue weighted by Gasteiger charge is 2.33. The van der Waals surface area contributed by atoms with Gasteiger partial charge in [-0.2, -0.15) is 0 Å². The first-order valence-electron chi connectivity index (χ1n) is 5.45. The summed E-state index contributed by atoms with van der Waals surface area (Å²) >= 11 is 0. The summed E-state index contributed by atoms with van der Waals surface area (Å²) in [5.41, 5.74) is 5.77. The first-order valence-corrected chi connectivity index (χ1v) is 5.45. The maximum atomic E-state index is 5.77. The molecule has 0 aliphatic carbocycles. The normalized spacial score (nSPS) is 37.4. The summed E-state index contributed by atoms with van der Waals surface area (Å²) in [5.74, 6) is 0. The van der Waals surface area contributed by atoms with Crippen LogP contribution in [0.15, 0.2) is 0 Å². The number of fused-ring (bicyclic) bond motifs is 1. The third-order valence-corrected chi connectivity index (χ3v) is 3.63. The Morgan fingerprint density at radius 3 is 2.77 bits per heavy atom. The van der Waals surface area contributed by atoms with Gasteiger partial charge in [0.1, 0.15) is 0 Å². The Morgan fingerprint density at radius 2 is 2.00 bits per heavy atom. The summed E-state index contributed by atoms with van der Waals surface area (Å²) < 4.78 is 0. The minimum absolute atomic E-state index is 0.677. The van der Waals surface area contributed by atoms with Crippen molar-refractivity contribution in [3.8, 4) is 0 Å². The number of rotatable bonds is 1. The molecule has 0 bridgehead atoms. The summed E-state index contributed by atoms with van der Waals surface area (Å²) in [7, 11) is 2.22. The third-order valence-electron chi connectivity index (χ3n) is 3.63. The van der Waals surface area contributed by atoms with E-state index in [2.05, 4.69) is 16.8 Å². The average molecular weight is 183 g/mol. The van der Waals surface area contributed by atoms with Crippen molar-refractivity contribution in [1.29, 1.82) is 0 Å². The van der Waals surface area contributed by atoms with Crippen LogP contribution in [-0.2, 0) is 0 Å². The molecular weight excluding hydrogens is 162 g/mol. The van der Waals surface area contributed by atoms with Gasteiger partial charge in [0.25, 0.3) is 0 Å². The molecular formula is C10H21N3. The average Bonchev–Trinajstić information content (AvgIpc) is 2.45. The van der Waals surface area contributed by atoms with E-state index in [0.29, 0.717) is 6.04 Å². The van der Waals surface area contributed by atoms with E-state index in [1.807, 2.05) is 0 Å². The van der Waals surface area contributed by atoms with Crippen LogP contribution in [0.5, 0.6) is 0 Å². The highest BCUT2D eigenvalue weighted by Crippen LogP contribution is 2.27. The van der Waals surface area contributed by atoms with E-state index in [1.54, 1.807) is 0 Å². The highest BCUT2D eigenvalue weighted by molar-refractivity contribution is 4.90. The largest absolute Gasteiger partial charge is 0.329 e. The number of hydrogen-bond donors (Lipinski definition) is 1. The molecule has 0 aromatic heterocycles. The molecule has 2 aliphatic rings. The molecule has 0 amide bonds. The van der Waals surface area contributed by atoms with E-state index in [1.165, 1.54) is 38.9 Å². The van der Waals surface area contributed by atoms with Gasteiger partial charge in [0.2, 0.25) is 0 Å². The van der Waals surface area contributed by atoms with Gasteiger partial charge in [-0.05, 0) is 32.9 Å². The lowest BCUT2D eigenvalue weighted by Crippen LogP contribution is -2.41. The minimum atomic E-state index is 0.677. The zero-order valence-corrected chi connectivity index (χ0v) is 8.58. The van der Waals surface area contributed by atoms with E-state index >= 15 is 0 Å². The quantitative estimate of drug-likeness (QED) is 0.626. The molecule has 3 heteroatoms. The predicted molar refractivity (Wildman–Crippen MR) is 54.7 cm³/mol. The van der Waals surface area contributed by atoms with Crippen molar-refractivity contribution in [2.24, 2.45) is 5.73 Å². The molecule has 2 saturated heterocycles. The van der Waals surface area contributed by atoms with Gasteiger partial charge < -0.3 is 10.6 Å². The van der Waals surface area contributed by atoms with Crippen LogP contribution in [0.1, 0.15) is 19.3 Å². The van der Waals surface area contributed by atoms with Gasteiger partial charge in [-0.25, -0.2) is 0 Å². The molecule has 0 radical (unpaired) electrons. The molecule has 2 fully saturated rings. The van der Waals surface area contributed by atoms with Crippen molar-refractivity contribution in [2.45, 2.75) is 31.3 Å². The van der Waals surface area contributed by atoms with E-state index in [0.717, 1.165) is 12.6 Å². The summed E-state index contributed by atoms with van der Waals surface area (Å²) in [6, 6.07) is 1.51.